The van der Waals surface area contributed by atoms with Crippen LogP contribution >= 0.6 is 11.6 Å². The summed E-state index contributed by atoms with van der Waals surface area (Å²) >= 11 is 5.93. The van der Waals surface area contributed by atoms with Crippen LogP contribution in [0.1, 0.15) is 6.42 Å². The number of anilines is 1. The van der Waals surface area contributed by atoms with Crippen LogP contribution in [0.2, 0.25) is 5.02 Å². The molecule has 0 aromatic heterocycles. The summed E-state index contributed by atoms with van der Waals surface area (Å²) in [6.45, 7) is 0.497. The van der Waals surface area contributed by atoms with Gasteiger partial charge in [-0.2, -0.15) is 0 Å². The zero-order chi connectivity index (χ0) is 14.0. The van der Waals surface area contributed by atoms with Gasteiger partial charge in [0, 0.05) is 18.7 Å². The molecule has 1 saturated heterocycles. The largest absolute Gasteiger partial charge is 0.384 e. The normalized spacial score (nSPS) is 21.2. The molecule has 0 spiro atoms. The zero-order valence-corrected chi connectivity index (χ0v) is 11.6. The van der Waals surface area contributed by atoms with Gasteiger partial charge in [-0.15, -0.1) is 0 Å². The topological polar surface area (TPSA) is 89.3 Å². The molecule has 1 heterocycles. The average Bonchev–Trinajstić information content (AvgIpc) is 2.67. The van der Waals surface area contributed by atoms with Crippen molar-refractivity contribution in [3.63, 3.8) is 0 Å². The number of nitrogens with zero attached hydrogens (tertiary/aromatic N) is 1. The third kappa shape index (κ3) is 3.57. The summed E-state index contributed by atoms with van der Waals surface area (Å²) in [5, 5.41) is 13.9. The van der Waals surface area contributed by atoms with Crippen LogP contribution in [-0.4, -0.2) is 31.4 Å². The molecule has 1 aromatic rings. The highest BCUT2D eigenvalue weighted by Crippen LogP contribution is 2.27. The monoisotopic (exact) mass is 304 g/mol. The van der Waals surface area contributed by atoms with Gasteiger partial charge in [0.1, 0.15) is 0 Å². The molecular weight excluding hydrogens is 292 g/mol. The van der Waals surface area contributed by atoms with Gasteiger partial charge in [0.25, 0.3) is 5.69 Å². The van der Waals surface area contributed by atoms with E-state index in [1.54, 1.807) is 0 Å². The van der Waals surface area contributed by atoms with Gasteiger partial charge >= 0.3 is 0 Å². The summed E-state index contributed by atoms with van der Waals surface area (Å²) < 4.78 is 22.6. The Morgan fingerprint density at radius 2 is 2.21 bits per heavy atom. The Kier molecular flexibility index (Phi) is 3.96. The van der Waals surface area contributed by atoms with Crippen molar-refractivity contribution in [2.24, 2.45) is 5.92 Å². The molecule has 1 aliphatic rings. The smallest absolute Gasteiger partial charge is 0.271 e. The molecule has 19 heavy (non-hydrogen) atoms. The van der Waals surface area contributed by atoms with Gasteiger partial charge in [-0.1, -0.05) is 11.6 Å². The maximum absolute atomic E-state index is 11.3. The first-order valence-corrected chi connectivity index (χ1v) is 7.95. The van der Waals surface area contributed by atoms with E-state index in [4.69, 9.17) is 11.6 Å². The number of halogens is 1. The summed E-state index contributed by atoms with van der Waals surface area (Å²) in [6, 6.07) is 4.17. The average molecular weight is 305 g/mol. The first kappa shape index (κ1) is 14.1. The molecule has 0 bridgehead atoms. The maximum atomic E-state index is 11.3. The first-order chi connectivity index (χ1) is 8.87. The van der Waals surface area contributed by atoms with Crippen LogP contribution in [-0.2, 0) is 9.84 Å². The predicted octanol–water partition coefficient (Wildman–Crippen LogP) is 2.09. The van der Waals surface area contributed by atoms with Crippen molar-refractivity contribution in [3.8, 4) is 0 Å². The van der Waals surface area contributed by atoms with Gasteiger partial charge in [0.15, 0.2) is 9.84 Å². The lowest BCUT2D eigenvalue weighted by Crippen LogP contribution is -2.15. The van der Waals surface area contributed by atoms with Gasteiger partial charge in [-0.3, -0.25) is 10.1 Å². The van der Waals surface area contributed by atoms with Gasteiger partial charge in [0.2, 0.25) is 0 Å². The quantitative estimate of drug-likeness (QED) is 0.679. The number of nitro groups is 1. The minimum Gasteiger partial charge on any atom is -0.384 e. The van der Waals surface area contributed by atoms with Crippen LogP contribution in [0.5, 0.6) is 0 Å². The van der Waals surface area contributed by atoms with E-state index in [0.717, 1.165) is 0 Å². The van der Waals surface area contributed by atoms with Crippen molar-refractivity contribution in [2.45, 2.75) is 6.42 Å². The number of hydrogen-bond donors (Lipinski definition) is 1. The third-order valence-electron chi connectivity index (χ3n) is 3.07. The molecule has 0 radical (unpaired) electrons. The van der Waals surface area contributed by atoms with Crippen LogP contribution in [0.4, 0.5) is 11.4 Å². The molecule has 1 N–H and O–H groups in total. The summed E-state index contributed by atoms with van der Waals surface area (Å²) in [4.78, 5) is 10.0. The van der Waals surface area contributed by atoms with E-state index in [1.165, 1.54) is 18.2 Å². The fraction of sp³-hybridized carbons (Fsp3) is 0.455. The molecule has 6 nitrogen and oxygen atoms in total. The van der Waals surface area contributed by atoms with Crippen molar-refractivity contribution < 1.29 is 13.3 Å². The van der Waals surface area contributed by atoms with E-state index >= 15 is 0 Å². The summed E-state index contributed by atoms with van der Waals surface area (Å²) in [5.74, 6) is 0.481. The number of nitro benzene ring substituents is 1. The molecular formula is C11H13ClN2O4S. The number of rotatable bonds is 4. The van der Waals surface area contributed by atoms with E-state index in [9.17, 15) is 18.5 Å². The van der Waals surface area contributed by atoms with Gasteiger partial charge in [0.05, 0.1) is 27.1 Å². The number of hydrogen-bond acceptors (Lipinski definition) is 5. The van der Waals surface area contributed by atoms with Crippen molar-refractivity contribution in [1.82, 2.24) is 0 Å². The molecule has 1 aromatic carbocycles. The Hall–Kier alpha value is -1.34. The number of sulfone groups is 1. The highest BCUT2D eigenvalue weighted by Gasteiger charge is 2.27. The van der Waals surface area contributed by atoms with Crippen LogP contribution in [0, 0.1) is 16.0 Å². The Labute approximate surface area is 115 Å². The minimum atomic E-state index is -2.89. The van der Waals surface area contributed by atoms with Gasteiger partial charge in [-0.25, -0.2) is 8.42 Å². The van der Waals surface area contributed by atoms with Gasteiger partial charge < -0.3 is 5.32 Å². The summed E-state index contributed by atoms with van der Waals surface area (Å²) in [6.07, 6.45) is 0.639. The molecule has 104 valence electrons. The lowest BCUT2D eigenvalue weighted by atomic mass is 10.1. The Bertz CT molecular complexity index is 603. The lowest BCUT2D eigenvalue weighted by Gasteiger charge is -2.11. The fourth-order valence-electron chi connectivity index (χ4n) is 2.05. The number of non-ortho nitro benzene ring substituents is 1. The molecule has 1 fully saturated rings. The molecule has 2 rings (SSSR count). The van der Waals surface area contributed by atoms with E-state index in [0.29, 0.717) is 18.7 Å². The molecule has 0 amide bonds. The van der Waals surface area contributed by atoms with Crippen molar-refractivity contribution in [3.05, 3.63) is 33.3 Å². The van der Waals surface area contributed by atoms with E-state index in [-0.39, 0.29) is 28.1 Å². The van der Waals surface area contributed by atoms with Crippen molar-refractivity contribution >= 4 is 32.8 Å². The highest BCUT2D eigenvalue weighted by atomic mass is 35.5. The van der Waals surface area contributed by atoms with E-state index in [1.807, 2.05) is 0 Å². The zero-order valence-electron chi connectivity index (χ0n) is 10.0. The molecule has 0 saturated carbocycles. The molecule has 1 aliphatic heterocycles. The fourth-order valence-corrected chi connectivity index (χ4v) is 4.15. The Morgan fingerprint density at radius 3 is 2.74 bits per heavy atom. The second-order valence-electron chi connectivity index (χ2n) is 4.57. The second-order valence-corrected chi connectivity index (χ2v) is 7.21. The number of nitrogens with one attached hydrogen (secondary N) is 1. The van der Waals surface area contributed by atoms with E-state index < -0.39 is 14.8 Å². The van der Waals surface area contributed by atoms with Crippen LogP contribution in [0.15, 0.2) is 18.2 Å². The lowest BCUT2D eigenvalue weighted by molar-refractivity contribution is -0.384. The van der Waals surface area contributed by atoms with Crippen LogP contribution < -0.4 is 5.32 Å². The third-order valence-corrected chi connectivity index (χ3v) is 5.22. The van der Waals surface area contributed by atoms with Crippen LogP contribution in [0.3, 0.4) is 0 Å². The minimum absolute atomic E-state index is 0.0660. The summed E-state index contributed by atoms with van der Waals surface area (Å²) in [5.41, 5.74) is 0.510. The van der Waals surface area contributed by atoms with Crippen molar-refractivity contribution in [1.29, 1.82) is 0 Å². The Balaban J connectivity index is 1.99. The summed E-state index contributed by atoms with van der Waals surface area (Å²) in [7, 11) is -2.89. The predicted molar refractivity (Wildman–Crippen MR) is 73.4 cm³/mol. The van der Waals surface area contributed by atoms with Gasteiger partial charge in [-0.05, 0) is 18.4 Å². The van der Waals surface area contributed by atoms with Crippen molar-refractivity contribution in [2.75, 3.05) is 23.4 Å². The molecule has 0 aliphatic carbocycles. The molecule has 1 unspecified atom stereocenters. The Morgan fingerprint density at radius 1 is 1.47 bits per heavy atom. The highest BCUT2D eigenvalue weighted by molar-refractivity contribution is 7.91. The molecule has 1 atom stereocenters. The van der Waals surface area contributed by atoms with Crippen LogP contribution in [0.25, 0.3) is 0 Å². The molecule has 8 heteroatoms. The van der Waals surface area contributed by atoms with E-state index in [2.05, 4.69) is 5.32 Å². The maximum Gasteiger partial charge on any atom is 0.271 e. The first-order valence-electron chi connectivity index (χ1n) is 5.75. The number of benzene rings is 1. The SMILES string of the molecule is O=[N+]([O-])c1ccc(NCC2CCS(=O)(=O)C2)c(Cl)c1. The standard InChI is InChI=1S/C11H13ClN2O4S/c12-10-5-9(14(15)16)1-2-11(10)13-6-8-3-4-19(17,18)7-8/h1-2,5,8,13H,3-4,6-7H2. The second kappa shape index (κ2) is 5.34.